The minimum Gasteiger partial charge on any atom is -0.268 e. The van der Waals surface area contributed by atoms with Crippen LogP contribution in [0.25, 0.3) is 0 Å². The van der Waals surface area contributed by atoms with Crippen LogP contribution >= 0.6 is 0 Å². The number of hydrogen-bond acceptors (Lipinski definition) is 0. The number of halogens is 4. The lowest BCUT2D eigenvalue weighted by atomic mass is 10.3. The maximum atomic E-state index is 12.4. The van der Waals surface area contributed by atoms with Gasteiger partial charge in [0.25, 0.3) is 0 Å². The highest BCUT2D eigenvalue weighted by Crippen LogP contribution is 2.59. The minimum absolute atomic E-state index is 0.992. The molecule has 0 aliphatic carbocycles. The van der Waals surface area contributed by atoms with Crippen molar-refractivity contribution < 1.29 is 16.4 Å². The fraction of sp³-hybridized carbons (Fsp3) is 1.00. The second kappa shape index (κ2) is 1.85. The van der Waals surface area contributed by atoms with Crippen LogP contribution in [-0.4, -0.2) is 16.5 Å². The van der Waals surface area contributed by atoms with Crippen molar-refractivity contribution in [1.29, 1.82) is 0 Å². The second-order valence-electron chi connectivity index (χ2n) is 2.82. The molecule has 1 rings (SSSR count). The molecule has 1 saturated heterocycles. The van der Waals surface area contributed by atoms with E-state index in [1.165, 1.54) is 13.8 Å². The minimum atomic E-state index is -5.04. The fourth-order valence-corrected chi connectivity index (χ4v) is 8.74. The lowest BCUT2D eigenvalue weighted by Crippen LogP contribution is -2.68. The summed E-state index contributed by atoms with van der Waals surface area (Å²) in [6.45, 7) is 2.47. The molecule has 1 aliphatic rings. The number of hydrogen-bond donors (Lipinski definition) is 0. The normalized spacial score (nSPS) is 42.6. The van der Waals surface area contributed by atoms with Gasteiger partial charge in [-0.3, -0.25) is 16.4 Å². The van der Waals surface area contributed by atoms with Gasteiger partial charge in [-0.1, -0.05) is 13.8 Å². The van der Waals surface area contributed by atoms with Crippen molar-refractivity contribution in [1.82, 2.24) is 0 Å². The molecule has 1 fully saturated rings. The van der Waals surface area contributed by atoms with Crippen LogP contribution in [0.3, 0.4) is 0 Å². The zero-order valence-electron chi connectivity index (χ0n) is 5.67. The highest BCUT2D eigenvalue weighted by molar-refractivity contribution is 7.36. The van der Waals surface area contributed by atoms with E-state index >= 15 is 0 Å². The van der Waals surface area contributed by atoms with Gasteiger partial charge in [-0.15, -0.1) is 0 Å². The molecule has 0 unspecified atom stereocenters. The molecule has 2 atom stereocenters. The Morgan fingerprint density at radius 2 is 1.00 bits per heavy atom. The predicted octanol–water partition coefficient (Wildman–Crippen LogP) is 2.62. The van der Waals surface area contributed by atoms with Gasteiger partial charge in [0.1, 0.15) is 0 Å². The largest absolute Gasteiger partial charge is 0.479 e. The average Bonchev–Trinajstić information content (AvgIpc) is 1.84. The Labute approximate surface area is 58.7 Å². The van der Waals surface area contributed by atoms with Crippen LogP contribution in [0.5, 0.6) is 0 Å². The van der Waals surface area contributed by atoms with Gasteiger partial charge >= 0.3 is 16.5 Å². The Kier molecular flexibility index (Phi) is 1.52. The van der Waals surface area contributed by atoms with Gasteiger partial charge in [0, 0.05) is 11.1 Å². The standard InChI is InChI=1S/C4H8F4Si2/c1-3-4(2)10(7,8)9(3,5)6/h3-4H,1-2H3/t3-,4-/m1/s1. The first-order chi connectivity index (χ1) is 4.32. The van der Waals surface area contributed by atoms with Crippen molar-refractivity contribution in [3.63, 3.8) is 0 Å². The summed E-state index contributed by atoms with van der Waals surface area (Å²) in [6.07, 6.45) is 0. The molecule has 0 aromatic carbocycles. The van der Waals surface area contributed by atoms with Crippen molar-refractivity contribution in [2.75, 3.05) is 0 Å². The summed E-state index contributed by atoms with van der Waals surface area (Å²) in [6, 6.07) is 0. The van der Waals surface area contributed by atoms with E-state index in [0.29, 0.717) is 0 Å². The van der Waals surface area contributed by atoms with Crippen molar-refractivity contribution >= 4 is 16.5 Å². The molecule has 1 heterocycles. The Bertz CT molecular complexity index is 139. The Hall–Kier alpha value is 0.154. The summed E-state index contributed by atoms with van der Waals surface area (Å²) in [5.41, 5.74) is -1.98. The lowest BCUT2D eigenvalue weighted by Gasteiger charge is -2.43. The quantitative estimate of drug-likeness (QED) is 0.311. The van der Waals surface area contributed by atoms with Crippen LogP contribution in [0.4, 0.5) is 16.4 Å². The molecule has 60 valence electrons. The van der Waals surface area contributed by atoms with Gasteiger partial charge in [0.05, 0.1) is 0 Å². The molecule has 10 heavy (non-hydrogen) atoms. The van der Waals surface area contributed by atoms with Gasteiger partial charge in [-0.05, 0) is 0 Å². The third kappa shape index (κ3) is 0.660. The molecule has 0 nitrogen and oxygen atoms in total. The third-order valence-electron chi connectivity index (χ3n) is 2.34. The monoisotopic (exact) mass is 188 g/mol. The van der Waals surface area contributed by atoms with Crippen LogP contribution in [-0.2, 0) is 0 Å². The van der Waals surface area contributed by atoms with Crippen molar-refractivity contribution in [3.8, 4) is 0 Å². The molecule has 0 aromatic heterocycles. The molecule has 0 bridgehead atoms. The third-order valence-corrected chi connectivity index (χ3v) is 12.2. The van der Waals surface area contributed by atoms with Crippen molar-refractivity contribution in [2.45, 2.75) is 24.9 Å². The first-order valence-electron chi connectivity index (χ1n) is 3.07. The smallest absolute Gasteiger partial charge is 0.268 e. The topological polar surface area (TPSA) is 0 Å². The molecule has 0 saturated carbocycles. The van der Waals surface area contributed by atoms with Gasteiger partial charge in [0.2, 0.25) is 0 Å². The summed E-state index contributed by atoms with van der Waals surface area (Å²) in [7, 11) is -10.1. The van der Waals surface area contributed by atoms with Crippen LogP contribution in [0.1, 0.15) is 13.8 Å². The van der Waals surface area contributed by atoms with Crippen molar-refractivity contribution in [3.05, 3.63) is 0 Å². The highest BCUT2D eigenvalue weighted by Gasteiger charge is 2.82. The first-order valence-corrected chi connectivity index (χ1v) is 7.74. The van der Waals surface area contributed by atoms with Crippen molar-refractivity contribution in [2.24, 2.45) is 0 Å². The second-order valence-corrected chi connectivity index (χ2v) is 11.1. The van der Waals surface area contributed by atoms with E-state index in [1.54, 1.807) is 0 Å². The van der Waals surface area contributed by atoms with E-state index in [0.717, 1.165) is 0 Å². The highest BCUT2D eigenvalue weighted by atomic mass is 29.3. The Morgan fingerprint density at radius 1 is 0.800 bits per heavy atom. The predicted molar refractivity (Wildman–Crippen MR) is 34.8 cm³/mol. The van der Waals surface area contributed by atoms with E-state index in [2.05, 4.69) is 0 Å². The SMILES string of the molecule is C[C@@H]1[C@@H](C)[Si](F)(F)[Si]1(F)F. The van der Waals surface area contributed by atoms with Crippen LogP contribution in [0.15, 0.2) is 0 Å². The molecule has 1 aliphatic heterocycles. The van der Waals surface area contributed by atoms with Gasteiger partial charge in [-0.25, -0.2) is 0 Å². The molecule has 0 spiro atoms. The summed E-state index contributed by atoms with van der Waals surface area (Å²) in [5.74, 6) is 0. The van der Waals surface area contributed by atoms with Crippen LogP contribution < -0.4 is 0 Å². The van der Waals surface area contributed by atoms with Gasteiger partial charge < -0.3 is 0 Å². The summed E-state index contributed by atoms with van der Waals surface area (Å²) < 4.78 is 49.6. The Balaban J connectivity index is 2.82. The van der Waals surface area contributed by atoms with Gasteiger partial charge in [-0.2, -0.15) is 0 Å². The molecular formula is C4H8F4Si2. The molecule has 0 amide bonds. The van der Waals surface area contributed by atoms with E-state index in [4.69, 9.17) is 0 Å². The van der Waals surface area contributed by atoms with Gasteiger partial charge in [0.15, 0.2) is 0 Å². The fourth-order valence-electron chi connectivity index (χ4n) is 1.14. The van der Waals surface area contributed by atoms with Crippen LogP contribution in [0.2, 0.25) is 11.1 Å². The lowest BCUT2D eigenvalue weighted by molar-refractivity contribution is 0.443. The molecule has 0 radical (unpaired) electrons. The summed E-state index contributed by atoms with van der Waals surface area (Å²) >= 11 is 0. The maximum absolute atomic E-state index is 12.4. The zero-order valence-corrected chi connectivity index (χ0v) is 7.67. The zero-order chi connectivity index (χ0) is 8.15. The summed E-state index contributed by atoms with van der Waals surface area (Å²) in [5, 5.41) is 0. The average molecular weight is 188 g/mol. The first kappa shape index (κ1) is 8.25. The molecule has 6 heteroatoms. The number of rotatable bonds is 0. The van der Waals surface area contributed by atoms with E-state index in [-0.39, 0.29) is 0 Å². The maximum Gasteiger partial charge on any atom is 0.479 e. The van der Waals surface area contributed by atoms with E-state index < -0.39 is 27.6 Å². The summed E-state index contributed by atoms with van der Waals surface area (Å²) in [4.78, 5) is 0. The molecular weight excluding hydrogens is 180 g/mol. The molecule has 0 N–H and O–H groups in total. The Morgan fingerprint density at radius 3 is 1.10 bits per heavy atom. The van der Waals surface area contributed by atoms with Crippen LogP contribution in [0, 0.1) is 0 Å². The molecule has 0 aromatic rings. The van der Waals surface area contributed by atoms with E-state index in [9.17, 15) is 16.4 Å². The van der Waals surface area contributed by atoms with E-state index in [1.807, 2.05) is 0 Å².